The molecule has 0 radical (unpaired) electrons. The molecule has 0 aliphatic carbocycles. The number of anilines is 2. The summed E-state index contributed by atoms with van der Waals surface area (Å²) in [5.74, 6) is -0.297. The fraction of sp³-hybridized carbons (Fsp3) is 0.0667. The van der Waals surface area contributed by atoms with Gasteiger partial charge in [0.2, 0.25) is 5.91 Å². The molecular formula is C15H11ClN2O2. The van der Waals surface area contributed by atoms with Crippen LogP contribution in [0.1, 0.15) is 21.5 Å². The van der Waals surface area contributed by atoms with E-state index < -0.39 is 0 Å². The number of carbonyl (C=O) groups excluding carboxylic acids is 2. The van der Waals surface area contributed by atoms with Gasteiger partial charge in [0.1, 0.15) is 0 Å². The third kappa shape index (κ3) is 2.14. The molecule has 0 bridgehead atoms. The van der Waals surface area contributed by atoms with Crippen LogP contribution < -0.4 is 11.1 Å². The number of hydrogen-bond donors (Lipinski definition) is 2. The Kier molecular flexibility index (Phi) is 2.95. The lowest BCUT2D eigenvalue weighted by molar-refractivity contribution is -0.115. The lowest BCUT2D eigenvalue weighted by Crippen LogP contribution is -2.04. The second kappa shape index (κ2) is 4.65. The first-order chi connectivity index (χ1) is 9.54. The zero-order chi connectivity index (χ0) is 14.3. The molecule has 0 atom stereocenters. The van der Waals surface area contributed by atoms with Gasteiger partial charge in [-0.25, -0.2) is 0 Å². The topological polar surface area (TPSA) is 72.2 Å². The van der Waals surface area contributed by atoms with Crippen LogP contribution in [0.3, 0.4) is 0 Å². The summed E-state index contributed by atoms with van der Waals surface area (Å²) in [7, 11) is 0. The second-order valence-corrected chi connectivity index (χ2v) is 5.08. The summed E-state index contributed by atoms with van der Waals surface area (Å²) in [4.78, 5) is 23.8. The predicted molar refractivity (Wildman–Crippen MR) is 78.1 cm³/mol. The maximum Gasteiger partial charge on any atom is 0.228 e. The maximum absolute atomic E-state index is 12.5. The first-order valence-corrected chi connectivity index (χ1v) is 6.45. The molecule has 1 amide bonds. The summed E-state index contributed by atoms with van der Waals surface area (Å²) in [6.45, 7) is 0. The molecule has 3 N–H and O–H groups in total. The van der Waals surface area contributed by atoms with Gasteiger partial charge < -0.3 is 11.1 Å². The predicted octanol–water partition coefficient (Wildman–Crippen LogP) is 2.65. The Morgan fingerprint density at radius 2 is 2.05 bits per heavy atom. The Hall–Kier alpha value is -2.33. The number of ketones is 1. The minimum absolute atomic E-state index is 0.0929. The Morgan fingerprint density at radius 1 is 1.25 bits per heavy atom. The molecule has 100 valence electrons. The molecule has 4 nitrogen and oxygen atoms in total. The highest BCUT2D eigenvalue weighted by atomic mass is 35.5. The number of rotatable bonds is 2. The Morgan fingerprint density at radius 3 is 2.80 bits per heavy atom. The fourth-order valence-corrected chi connectivity index (χ4v) is 2.51. The number of carbonyl (C=O) groups is 2. The van der Waals surface area contributed by atoms with Crippen LogP contribution in [0.4, 0.5) is 11.4 Å². The number of fused-ring (bicyclic) bond motifs is 1. The largest absolute Gasteiger partial charge is 0.399 e. The van der Waals surface area contributed by atoms with Crippen molar-refractivity contribution in [1.82, 2.24) is 0 Å². The number of nitrogens with two attached hydrogens (primary N) is 1. The smallest absolute Gasteiger partial charge is 0.228 e. The van der Waals surface area contributed by atoms with Gasteiger partial charge >= 0.3 is 0 Å². The minimum atomic E-state index is -0.204. The monoisotopic (exact) mass is 286 g/mol. The third-order valence-electron chi connectivity index (χ3n) is 3.21. The summed E-state index contributed by atoms with van der Waals surface area (Å²) in [5, 5.41) is 3.02. The van der Waals surface area contributed by atoms with Crippen LogP contribution in [-0.4, -0.2) is 11.7 Å². The molecule has 2 aromatic rings. The molecule has 5 heteroatoms. The lowest BCUT2D eigenvalue weighted by Gasteiger charge is -2.07. The van der Waals surface area contributed by atoms with Crippen LogP contribution in [0.2, 0.25) is 5.02 Å². The van der Waals surface area contributed by atoms with Crippen molar-refractivity contribution in [3.8, 4) is 0 Å². The third-order valence-corrected chi connectivity index (χ3v) is 3.52. The zero-order valence-corrected chi connectivity index (χ0v) is 11.2. The summed E-state index contributed by atoms with van der Waals surface area (Å²) in [6.07, 6.45) is 0.268. The van der Waals surface area contributed by atoms with Crippen LogP contribution in [0.15, 0.2) is 36.4 Å². The lowest BCUT2D eigenvalue weighted by atomic mass is 10.00. The molecule has 0 aromatic heterocycles. The number of hydrogen-bond acceptors (Lipinski definition) is 3. The van der Waals surface area contributed by atoms with Gasteiger partial charge in [-0.05, 0) is 29.8 Å². The van der Waals surface area contributed by atoms with Crippen LogP contribution in [0.25, 0.3) is 0 Å². The normalized spacial score (nSPS) is 12.9. The van der Waals surface area contributed by atoms with Gasteiger partial charge in [-0.3, -0.25) is 9.59 Å². The summed E-state index contributed by atoms with van der Waals surface area (Å²) in [5.41, 5.74) is 8.51. The number of amides is 1. The average molecular weight is 287 g/mol. The molecule has 1 aliphatic heterocycles. The van der Waals surface area contributed by atoms with Crippen molar-refractivity contribution in [2.24, 2.45) is 0 Å². The minimum Gasteiger partial charge on any atom is -0.399 e. The molecule has 0 unspecified atom stereocenters. The number of halogens is 1. The Bertz CT molecular complexity index is 741. The van der Waals surface area contributed by atoms with Crippen molar-refractivity contribution in [2.45, 2.75) is 6.42 Å². The van der Waals surface area contributed by atoms with Crippen LogP contribution in [0.5, 0.6) is 0 Å². The molecule has 1 heterocycles. The van der Waals surface area contributed by atoms with Crippen LogP contribution >= 0.6 is 11.6 Å². The van der Waals surface area contributed by atoms with Gasteiger partial charge in [0.05, 0.1) is 11.4 Å². The average Bonchev–Trinajstić information content (AvgIpc) is 2.76. The van der Waals surface area contributed by atoms with Gasteiger partial charge in [-0.2, -0.15) is 0 Å². The van der Waals surface area contributed by atoms with E-state index in [0.717, 1.165) is 5.56 Å². The molecule has 1 aliphatic rings. The van der Waals surface area contributed by atoms with Crippen LogP contribution in [-0.2, 0) is 11.2 Å². The van der Waals surface area contributed by atoms with E-state index in [2.05, 4.69) is 5.32 Å². The van der Waals surface area contributed by atoms with E-state index in [1.165, 1.54) is 0 Å². The SMILES string of the molecule is Nc1cccc(C(=O)c2cc3c(cc2Cl)NC(=O)C3)c1. The van der Waals surface area contributed by atoms with E-state index in [1.807, 2.05) is 0 Å². The van der Waals surface area contributed by atoms with E-state index >= 15 is 0 Å². The van der Waals surface area contributed by atoms with E-state index in [-0.39, 0.29) is 18.1 Å². The number of nitrogen functional groups attached to an aromatic ring is 1. The van der Waals surface area contributed by atoms with E-state index in [0.29, 0.717) is 27.5 Å². The number of nitrogens with one attached hydrogen (secondary N) is 1. The van der Waals surface area contributed by atoms with Gasteiger partial charge in [-0.15, -0.1) is 0 Å². The molecule has 2 aromatic carbocycles. The molecule has 3 rings (SSSR count). The van der Waals surface area contributed by atoms with Crippen molar-refractivity contribution in [3.63, 3.8) is 0 Å². The molecule has 0 fully saturated rings. The molecule has 0 spiro atoms. The van der Waals surface area contributed by atoms with Crippen LogP contribution in [0, 0.1) is 0 Å². The highest BCUT2D eigenvalue weighted by molar-refractivity contribution is 6.35. The summed E-state index contributed by atoms with van der Waals surface area (Å²) < 4.78 is 0. The van der Waals surface area contributed by atoms with Crippen molar-refractivity contribution in [1.29, 1.82) is 0 Å². The maximum atomic E-state index is 12.5. The Labute approximate surface area is 120 Å². The van der Waals surface area contributed by atoms with Gasteiger partial charge in [0.25, 0.3) is 0 Å². The van der Waals surface area contributed by atoms with Gasteiger partial charge in [0.15, 0.2) is 5.78 Å². The van der Waals surface area contributed by atoms with Crippen molar-refractivity contribution < 1.29 is 9.59 Å². The number of benzene rings is 2. The summed E-state index contributed by atoms with van der Waals surface area (Å²) >= 11 is 6.14. The molecule has 20 heavy (non-hydrogen) atoms. The first kappa shape index (κ1) is 12.7. The second-order valence-electron chi connectivity index (χ2n) is 4.67. The van der Waals surface area contributed by atoms with E-state index in [4.69, 9.17) is 17.3 Å². The van der Waals surface area contributed by atoms with E-state index in [9.17, 15) is 9.59 Å². The quantitative estimate of drug-likeness (QED) is 0.658. The van der Waals surface area contributed by atoms with Gasteiger partial charge in [-0.1, -0.05) is 23.7 Å². The highest BCUT2D eigenvalue weighted by Gasteiger charge is 2.22. The molecular weight excluding hydrogens is 276 g/mol. The molecule has 0 saturated heterocycles. The standard InChI is InChI=1S/C15H11ClN2O2/c16-12-7-13-9(6-14(19)18-13)5-11(12)15(20)8-2-1-3-10(17)4-8/h1-5,7H,6,17H2,(H,18,19). The fourth-order valence-electron chi connectivity index (χ4n) is 2.26. The van der Waals surface area contributed by atoms with Crippen molar-refractivity contribution >= 4 is 34.7 Å². The Balaban J connectivity index is 2.05. The molecule has 0 saturated carbocycles. The van der Waals surface area contributed by atoms with Crippen molar-refractivity contribution in [3.05, 3.63) is 58.1 Å². The first-order valence-electron chi connectivity index (χ1n) is 6.07. The van der Waals surface area contributed by atoms with E-state index in [1.54, 1.807) is 36.4 Å². The van der Waals surface area contributed by atoms with Crippen molar-refractivity contribution in [2.75, 3.05) is 11.1 Å². The highest BCUT2D eigenvalue weighted by Crippen LogP contribution is 2.31. The zero-order valence-electron chi connectivity index (χ0n) is 10.4. The van der Waals surface area contributed by atoms with Gasteiger partial charge in [0, 0.05) is 22.5 Å². The summed E-state index contributed by atoms with van der Waals surface area (Å²) in [6, 6.07) is 10.0.